The summed E-state index contributed by atoms with van der Waals surface area (Å²) in [5.74, 6) is 0.479. The van der Waals surface area contributed by atoms with E-state index in [1.54, 1.807) is 6.20 Å². The zero-order valence-corrected chi connectivity index (χ0v) is 14.6. The molecule has 0 atom stereocenters. The van der Waals surface area contributed by atoms with Gasteiger partial charge in [0, 0.05) is 0 Å². The Bertz CT molecular complexity index is 921. The van der Waals surface area contributed by atoms with Crippen LogP contribution in [0.4, 0.5) is 11.5 Å². The number of aromatic nitrogens is 4. The van der Waals surface area contributed by atoms with Crippen molar-refractivity contribution >= 4 is 11.5 Å². The quantitative estimate of drug-likeness (QED) is 0.770. The number of hydrogen-bond donors (Lipinski definition) is 1. The molecule has 0 aliphatic carbocycles. The second-order valence-corrected chi connectivity index (χ2v) is 5.68. The van der Waals surface area contributed by atoms with E-state index in [0.717, 1.165) is 41.2 Å². The van der Waals surface area contributed by atoms with Gasteiger partial charge in [-0.05, 0) is 37.5 Å². The van der Waals surface area contributed by atoms with Gasteiger partial charge in [0.15, 0.2) is 5.82 Å². The van der Waals surface area contributed by atoms with Crippen molar-refractivity contribution in [3.8, 4) is 11.8 Å². The topological polar surface area (TPSA) is 79.4 Å². The first kappa shape index (κ1) is 16.7. The Labute approximate surface area is 147 Å². The maximum Gasteiger partial charge on any atom is 0.171 e. The van der Waals surface area contributed by atoms with Gasteiger partial charge in [0.25, 0.3) is 0 Å². The number of para-hydroxylation sites is 1. The lowest BCUT2D eigenvalue weighted by Crippen LogP contribution is -2.07. The average molecular weight is 332 g/mol. The lowest BCUT2D eigenvalue weighted by molar-refractivity contribution is 0.847. The van der Waals surface area contributed by atoms with Crippen LogP contribution in [0, 0.1) is 18.3 Å². The summed E-state index contributed by atoms with van der Waals surface area (Å²) in [5.41, 5.74) is 5.11. The molecule has 0 spiro atoms. The maximum absolute atomic E-state index is 9.60. The van der Waals surface area contributed by atoms with E-state index >= 15 is 0 Å². The molecule has 126 valence electrons. The SMILES string of the molecule is CCc1nnc(Nc2cnn(-c3ccccc3)c2C)c(C#N)c1CC. The van der Waals surface area contributed by atoms with E-state index in [4.69, 9.17) is 0 Å². The van der Waals surface area contributed by atoms with Gasteiger partial charge >= 0.3 is 0 Å². The summed E-state index contributed by atoms with van der Waals surface area (Å²) in [6.45, 7) is 6.02. The molecule has 0 bridgehead atoms. The third-order valence-electron chi connectivity index (χ3n) is 4.22. The molecule has 0 saturated heterocycles. The summed E-state index contributed by atoms with van der Waals surface area (Å²) >= 11 is 0. The molecule has 25 heavy (non-hydrogen) atoms. The van der Waals surface area contributed by atoms with Crippen LogP contribution in [0.25, 0.3) is 5.69 Å². The molecule has 0 aliphatic rings. The van der Waals surface area contributed by atoms with E-state index in [9.17, 15) is 5.26 Å². The standard InChI is InChI=1S/C19H20N6/c1-4-15-16(11-20)19(24-23-17(15)5-2)22-18-12-21-25(13(18)3)14-9-7-6-8-10-14/h6-10,12H,4-5H2,1-3H3,(H,22,24). The van der Waals surface area contributed by atoms with Gasteiger partial charge in [-0.1, -0.05) is 32.0 Å². The second kappa shape index (κ2) is 7.14. The Morgan fingerprint density at radius 2 is 1.88 bits per heavy atom. The van der Waals surface area contributed by atoms with Gasteiger partial charge in [0.2, 0.25) is 0 Å². The third kappa shape index (κ3) is 3.09. The molecule has 0 radical (unpaired) electrons. The highest BCUT2D eigenvalue weighted by molar-refractivity contribution is 5.66. The molecule has 0 amide bonds. The molecule has 3 rings (SSSR count). The highest BCUT2D eigenvalue weighted by Crippen LogP contribution is 2.26. The molecule has 6 nitrogen and oxygen atoms in total. The molecular weight excluding hydrogens is 312 g/mol. The zero-order valence-electron chi connectivity index (χ0n) is 14.6. The first-order chi connectivity index (χ1) is 12.2. The van der Waals surface area contributed by atoms with Crippen molar-refractivity contribution in [2.45, 2.75) is 33.6 Å². The lowest BCUT2D eigenvalue weighted by atomic mass is 10.0. The number of nitriles is 1. The molecule has 1 N–H and O–H groups in total. The van der Waals surface area contributed by atoms with E-state index in [1.165, 1.54) is 0 Å². The summed E-state index contributed by atoms with van der Waals surface area (Å²) in [4.78, 5) is 0. The third-order valence-corrected chi connectivity index (χ3v) is 4.22. The van der Waals surface area contributed by atoms with E-state index < -0.39 is 0 Å². The van der Waals surface area contributed by atoms with Crippen LogP contribution < -0.4 is 5.32 Å². The fourth-order valence-corrected chi connectivity index (χ4v) is 2.87. The van der Waals surface area contributed by atoms with Crippen molar-refractivity contribution in [1.29, 1.82) is 5.26 Å². The van der Waals surface area contributed by atoms with Crippen LogP contribution in [0.3, 0.4) is 0 Å². The largest absolute Gasteiger partial charge is 0.335 e. The van der Waals surface area contributed by atoms with Crippen LogP contribution in [0.5, 0.6) is 0 Å². The molecule has 2 heterocycles. The highest BCUT2D eigenvalue weighted by Gasteiger charge is 2.16. The minimum Gasteiger partial charge on any atom is -0.335 e. The molecule has 1 aromatic carbocycles. The van der Waals surface area contributed by atoms with Crippen LogP contribution in [0.2, 0.25) is 0 Å². The van der Waals surface area contributed by atoms with Gasteiger partial charge in [-0.25, -0.2) is 4.68 Å². The highest BCUT2D eigenvalue weighted by atomic mass is 15.3. The average Bonchev–Trinajstić information content (AvgIpc) is 3.02. The van der Waals surface area contributed by atoms with Crippen molar-refractivity contribution < 1.29 is 0 Å². The summed E-state index contributed by atoms with van der Waals surface area (Å²) in [7, 11) is 0. The predicted molar refractivity (Wildman–Crippen MR) is 97.1 cm³/mol. The number of rotatable bonds is 5. The van der Waals surface area contributed by atoms with Crippen molar-refractivity contribution in [3.63, 3.8) is 0 Å². The van der Waals surface area contributed by atoms with Crippen molar-refractivity contribution in [2.24, 2.45) is 0 Å². The first-order valence-corrected chi connectivity index (χ1v) is 8.35. The first-order valence-electron chi connectivity index (χ1n) is 8.35. The fraction of sp³-hybridized carbons (Fsp3) is 0.263. The number of benzene rings is 1. The summed E-state index contributed by atoms with van der Waals surface area (Å²) in [5, 5.41) is 25.8. The van der Waals surface area contributed by atoms with Crippen LogP contribution in [-0.4, -0.2) is 20.0 Å². The van der Waals surface area contributed by atoms with E-state index in [-0.39, 0.29) is 0 Å². The van der Waals surface area contributed by atoms with E-state index in [2.05, 4.69) is 26.7 Å². The van der Waals surface area contributed by atoms with E-state index in [0.29, 0.717) is 11.4 Å². The monoisotopic (exact) mass is 332 g/mol. The molecule has 0 unspecified atom stereocenters. The Morgan fingerprint density at radius 3 is 2.52 bits per heavy atom. The summed E-state index contributed by atoms with van der Waals surface area (Å²) < 4.78 is 1.85. The Morgan fingerprint density at radius 1 is 1.12 bits per heavy atom. The lowest BCUT2D eigenvalue weighted by Gasteiger charge is -2.12. The normalized spacial score (nSPS) is 10.5. The van der Waals surface area contributed by atoms with Crippen LogP contribution in [0.1, 0.15) is 36.4 Å². The predicted octanol–water partition coefficient (Wildman–Crippen LogP) is 3.71. The maximum atomic E-state index is 9.60. The van der Waals surface area contributed by atoms with Gasteiger partial charge in [-0.3, -0.25) is 0 Å². The van der Waals surface area contributed by atoms with Gasteiger partial charge in [-0.15, -0.1) is 5.10 Å². The minimum absolute atomic E-state index is 0.479. The van der Waals surface area contributed by atoms with Gasteiger partial charge in [-0.2, -0.15) is 15.5 Å². The summed E-state index contributed by atoms with van der Waals surface area (Å²) in [6.07, 6.45) is 3.25. The van der Waals surface area contributed by atoms with Crippen LogP contribution in [0.15, 0.2) is 36.5 Å². The van der Waals surface area contributed by atoms with Crippen molar-refractivity contribution in [2.75, 3.05) is 5.32 Å². The molecule has 2 aromatic heterocycles. The van der Waals surface area contributed by atoms with E-state index in [1.807, 2.05) is 55.8 Å². The Kier molecular flexibility index (Phi) is 4.75. The minimum atomic E-state index is 0.479. The fourth-order valence-electron chi connectivity index (χ4n) is 2.87. The number of nitrogens with zero attached hydrogens (tertiary/aromatic N) is 5. The molecule has 0 saturated carbocycles. The molecule has 0 fully saturated rings. The Balaban J connectivity index is 1.99. The van der Waals surface area contributed by atoms with Crippen LogP contribution in [-0.2, 0) is 12.8 Å². The molecule has 6 heteroatoms. The smallest absolute Gasteiger partial charge is 0.171 e. The van der Waals surface area contributed by atoms with Crippen molar-refractivity contribution in [3.05, 3.63) is 59.0 Å². The number of anilines is 2. The number of hydrogen-bond acceptors (Lipinski definition) is 5. The number of aryl methyl sites for hydroxylation is 1. The summed E-state index contributed by atoms with van der Waals surface area (Å²) in [6, 6.07) is 12.2. The Hall–Kier alpha value is -3.20. The van der Waals surface area contributed by atoms with Gasteiger partial charge in [0.05, 0.1) is 29.0 Å². The number of nitrogens with one attached hydrogen (secondary N) is 1. The zero-order chi connectivity index (χ0) is 17.8. The molecule has 0 aliphatic heterocycles. The molecule has 3 aromatic rings. The van der Waals surface area contributed by atoms with Crippen molar-refractivity contribution in [1.82, 2.24) is 20.0 Å². The van der Waals surface area contributed by atoms with Crippen LogP contribution >= 0.6 is 0 Å². The second-order valence-electron chi connectivity index (χ2n) is 5.68. The molecular formula is C19H20N6. The van der Waals surface area contributed by atoms with Gasteiger partial charge in [0.1, 0.15) is 11.6 Å². The van der Waals surface area contributed by atoms with Gasteiger partial charge < -0.3 is 5.32 Å².